The molecule has 0 amide bonds. The average molecular weight is 146 g/mol. The van der Waals surface area contributed by atoms with E-state index >= 15 is 0 Å². The predicted octanol–water partition coefficient (Wildman–Crippen LogP) is 1.98. The number of aromatic amines is 1. The van der Waals surface area contributed by atoms with Gasteiger partial charge in [-0.15, -0.1) is 0 Å². The summed E-state index contributed by atoms with van der Waals surface area (Å²) in [4.78, 5) is 3.09. The SMILES string of the molecule is COc1[c]cc2cc[nH]c2c1. The van der Waals surface area contributed by atoms with Gasteiger partial charge < -0.3 is 9.72 Å². The fourth-order valence-electron chi connectivity index (χ4n) is 1.08. The van der Waals surface area contributed by atoms with Gasteiger partial charge >= 0.3 is 0 Å². The van der Waals surface area contributed by atoms with E-state index in [0.29, 0.717) is 0 Å². The van der Waals surface area contributed by atoms with Crippen LogP contribution >= 0.6 is 0 Å². The van der Waals surface area contributed by atoms with E-state index in [0.717, 1.165) is 16.7 Å². The van der Waals surface area contributed by atoms with Crippen LogP contribution in [0.5, 0.6) is 5.75 Å². The van der Waals surface area contributed by atoms with E-state index in [4.69, 9.17) is 4.74 Å². The third-order valence-electron chi connectivity index (χ3n) is 1.68. The molecule has 2 heteroatoms. The molecule has 1 aromatic carbocycles. The number of hydrogen-bond donors (Lipinski definition) is 1. The Bertz CT molecular complexity index is 364. The molecular weight excluding hydrogens is 138 g/mol. The van der Waals surface area contributed by atoms with Crippen LogP contribution in [0.3, 0.4) is 0 Å². The van der Waals surface area contributed by atoms with Gasteiger partial charge in [-0.3, -0.25) is 0 Å². The molecule has 2 nitrogen and oxygen atoms in total. The first kappa shape index (κ1) is 6.28. The molecule has 11 heavy (non-hydrogen) atoms. The molecule has 55 valence electrons. The molecule has 2 rings (SSSR count). The highest BCUT2D eigenvalue weighted by Gasteiger charge is 1.95. The summed E-state index contributed by atoms with van der Waals surface area (Å²) in [6.07, 6.45) is 1.90. The zero-order valence-corrected chi connectivity index (χ0v) is 6.22. The van der Waals surface area contributed by atoms with Crippen LogP contribution in [0.1, 0.15) is 0 Å². The van der Waals surface area contributed by atoms with E-state index in [1.807, 2.05) is 24.4 Å². The smallest absolute Gasteiger partial charge is 0.128 e. The van der Waals surface area contributed by atoms with Crippen LogP contribution in [0.2, 0.25) is 0 Å². The Morgan fingerprint density at radius 1 is 1.55 bits per heavy atom. The maximum Gasteiger partial charge on any atom is 0.128 e. The quantitative estimate of drug-likeness (QED) is 0.653. The second-order valence-corrected chi connectivity index (χ2v) is 2.35. The van der Waals surface area contributed by atoms with Crippen molar-refractivity contribution in [1.82, 2.24) is 4.98 Å². The van der Waals surface area contributed by atoms with Crippen molar-refractivity contribution < 1.29 is 4.74 Å². The van der Waals surface area contributed by atoms with Crippen molar-refractivity contribution in [2.45, 2.75) is 0 Å². The van der Waals surface area contributed by atoms with Crippen molar-refractivity contribution >= 4 is 10.9 Å². The summed E-state index contributed by atoms with van der Waals surface area (Å²) in [5, 5.41) is 1.16. The van der Waals surface area contributed by atoms with Crippen LogP contribution in [-0.4, -0.2) is 12.1 Å². The summed E-state index contributed by atoms with van der Waals surface area (Å²) in [6, 6.07) is 8.84. The van der Waals surface area contributed by atoms with Gasteiger partial charge in [-0.05, 0) is 12.1 Å². The highest BCUT2D eigenvalue weighted by Crippen LogP contribution is 2.17. The number of nitrogens with one attached hydrogen (secondary N) is 1. The molecule has 0 saturated heterocycles. The van der Waals surface area contributed by atoms with Gasteiger partial charge in [0.05, 0.1) is 7.11 Å². The van der Waals surface area contributed by atoms with Crippen molar-refractivity contribution in [3.63, 3.8) is 0 Å². The molecule has 1 heterocycles. The fraction of sp³-hybridized carbons (Fsp3) is 0.111. The molecule has 0 atom stereocenters. The van der Waals surface area contributed by atoms with Crippen molar-refractivity contribution in [1.29, 1.82) is 0 Å². The lowest BCUT2D eigenvalue weighted by Gasteiger charge is -1.96. The average Bonchev–Trinajstić information content (AvgIpc) is 2.50. The van der Waals surface area contributed by atoms with Gasteiger partial charge in [-0.1, -0.05) is 0 Å². The third-order valence-corrected chi connectivity index (χ3v) is 1.68. The van der Waals surface area contributed by atoms with Crippen molar-refractivity contribution in [2.75, 3.05) is 7.11 Å². The number of H-pyrrole nitrogens is 1. The zero-order valence-electron chi connectivity index (χ0n) is 6.22. The fourth-order valence-corrected chi connectivity index (χ4v) is 1.08. The zero-order chi connectivity index (χ0) is 7.68. The molecule has 1 aromatic heterocycles. The molecule has 0 aliphatic heterocycles. The van der Waals surface area contributed by atoms with Crippen LogP contribution < -0.4 is 4.74 Å². The van der Waals surface area contributed by atoms with E-state index in [9.17, 15) is 0 Å². The normalized spacial score (nSPS) is 10.3. The van der Waals surface area contributed by atoms with Gasteiger partial charge in [0, 0.05) is 29.2 Å². The van der Waals surface area contributed by atoms with Crippen LogP contribution in [0.25, 0.3) is 10.9 Å². The largest absolute Gasteiger partial charge is 0.496 e. The summed E-state index contributed by atoms with van der Waals surface area (Å²) in [5.74, 6) is 0.764. The Balaban J connectivity index is 2.67. The van der Waals surface area contributed by atoms with Crippen molar-refractivity contribution in [3.8, 4) is 5.75 Å². The number of hydrogen-bond acceptors (Lipinski definition) is 1. The monoisotopic (exact) mass is 146 g/mol. The van der Waals surface area contributed by atoms with Crippen LogP contribution in [-0.2, 0) is 0 Å². The highest BCUT2D eigenvalue weighted by atomic mass is 16.5. The van der Waals surface area contributed by atoms with E-state index in [1.54, 1.807) is 7.11 Å². The summed E-state index contributed by atoms with van der Waals surface area (Å²) in [7, 11) is 1.64. The maximum absolute atomic E-state index is 5.02. The molecule has 2 aromatic rings. The first-order valence-electron chi connectivity index (χ1n) is 3.43. The molecule has 0 spiro atoms. The molecule has 0 bridgehead atoms. The third kappa shape index (κ3) is 0.963. The lowest BCUT2D eigenvalue weighted by molar-refractivity contribution is 0.414. The minimum atomic E-state index is 0.764. The Morgan fingerprint density at radius 3 is 3.27 bits per heavy atom. The first-order chi connectivity index (χ1) is 5.40. The number of fused-ring (bicyclic) bond motifs is 1. The van der Waals surface area contributed by atoms with Gasteiger partial charge in [0.15, 0.2) is 0 Å². The predicted molar refractivity (Wildman–Crippen MR) is 43.7 cm³/mol. The van der Waals surface area contributed by atoms with Gasteiger partial charge in [-0.25, -0.2) is 0 Å². The lowest BCUT2D eigenvalue weighted by Crippen LogP contribution is -1.81. The molecule has 0 unspecified atom stereocenters. The van der Waals surface area contributed by atoms with E-state index in [1.165, 1.54) is 0 Å². The highest BCUT2D eigenvalue weighted by molar-refractivity contribution is 5.80. The summed E-state index contributed by atoms with van der Waals surface area (Å²) < 4.78 is 5.02. The van der Waals surface area contributed by atoms with Gasteiger partial charge in [0.25, 0.3) is 0 Å². The first-order valence-corrected chi connectivity index (χ1v) is 3.43. The molecular formula is C9H8NO. The number of methoxy groups -OCH3 is 1. The minimum absolute atomic E-state index is 0.764. The number of rotatable bonds is 1. The Labute approximate surface area is 64.8 Å². The second kappa shape index (κ2) is 2.31. The van der Waals surface area contributed by atoms with Gasteiger partial charge in [0.1, 0.15) is 5.75 Å². The second-order valence-electron chi connectivity index (χ2n) is 2.35. The molecule has 0 aliphatic rings. The van der Waals surface area contributed by atoms with E-state index < -0.39 is 0 Å². The van der Waals surface area contributed by atoms with Crippen molar-refractivity contribution in [3.05, 3.63) is 30.5 Å². The number of ether oxygens (including phenoxy) is 1. The number of benzene rings is 1. The molecule has 1 radical (unpaired) electrons. The molecule has 0 aliphatic carbocycles. The standard InChI is InChI=1S/C9H8NO/c1-11-8-3-2-7-4-5-10-9(7)6-8/h2,4-6,10H,1H3. The topological polar surface area (TPSA) is 25.0 Å². The Morgan fingerprint density at radius 2 is 2.45 bits per heavy atom. The molecule has 0 saturated carbocycles. The van der Waals surface area contributed by atoms with Crippen LogP contribution in [0, 0.1) is 6.07 Å². The van der Waals surface area contributed by atoms with E-state index in [2.05, 4.69) is 11.1 Å². The van der Waals surface area contributed by atoms with E-state index in [-0.39, 0.29) is 0 Å². The molecule has 1 N–H and O–H groups in total. The maximum atomic E-state index is 5.02. The summed E-state index contributed by atoms with van der Waals surface area (Å²) >= 11 is 0. The minimum Gasteiger partial charge on any atom is -0.496 e. The van der Waals surface area contributed by atoms with Crippen molar-refractivity contribution in [2.24, 2.45) is 0 Å². The number of aromatic nitrogens is 1. The Kier molecular flexibility index (Phi) is 1.32. The van der Waals surface area contributed by atoms with Gasteiger partial charge in [0.2, 0.25) is 0 Å². The molecule has 0 fully saturated rings. The summed E-state index contributed by atoms with van der Waals surface area (Å²) in [6.45, 7) is 0. The Hall–Kier alpha value is -1.44. The lowest BCUT2D eigenvalue weighted by atomic mass is 10.2. The summed E-state index contributed by atoms with van der Waals surface area (Å²) in [5.41, 5.74) is 1.08. The van der Waals surface area contributed by atoms with Crippen LogP contribution in [0.4, 0.5) is 0 Å². The van der Waals surface area contributed by atoms with Gasteiger partial charge in [-0.2, -0.15) is 0 Å². The van der Waals surface area contributed by atoms with Crippen LogP contribution in [0.15, 0.2) is 24.4 Å².